The fourth-order valence-electron chi connectivity index (χ4n) is 3.23. The van der Waals surface area contributed by atoms with Crippen LogP contribution in [-0.2, 0) is 4.79 Å². The number of nitrogens with zero attached hydrogens (tertiary/aromatic N) is 3. The van der Waals surface area contributed by atoms with Gasteiger partial charge in [0.25, 0.3) is 11.5 Å². The summed E-state index contributed by atoms with van der Waals surface area (Å²) in [5.41, 5.74) is 1.70. The number of hydrogen-bond acceptors (Lipinski definition) is 5. The smallest absolute Gasteiger partial charge is 0.269 e. The van der Waals surface area contributed by atoms with E-state index in [1.807, 2.05) is 26.0 Å². The summed E-state index contributed by atoms with van der Waals surface area (Å²) in [6.45, 7) is 3.85. The van der Waals surface area contributed by atoms with Crippen molar-refractivity contribution in [3.63, 3.8) is 0 Å². The van der Waals surface area contributed by atoms with Crippen molar-refractivity contribution in [1.82, 2.24) is 9.38 Å². The number of para-hydroxylation sites is 1. The van der Waals surface area contributed by atoms with Crippen LogP contribution in [0.2, 0.25) is 0 Å². The number of carbonyl (C=O) groups excluding carboxylic acids is 1. The van der Waals surface area contributed by atoms with Crippen molar-refractivity contribution >= 4 is 23.3 Å². The molecule has 0 unspecified atom stereocenters. The minimum Gasteiger partial charge on any atom is -0.435 e. The number of carbonyl (C=O) groups is 1. The first-order valence-electron chi connectivity index (χ1n) is 10.3. The molecule has 0 saturated carbocycles. The van der Waals surface area contributed by atoms with Gasteiger partial charge in [-0.25, -0.2) is 4.39 Å². The minimum atomic E-state index is -0.708. The number of aryl methyl sites for hydroxylation is 2. The molecule has 4 rings (SSSR count). The summed E-state index contributed by atoms with van der Waals surface area (Å²) in [6.07, 6.45) is 2.59. The molecule has 2 aromatic carbocycles. The number of pyridine rings is 1. The molecule has 1 amide bonds. The SMILES string of the molecule is Cc1ccc(NC(=O)/C(C#N)=C\c2c(Oc3ccccc3F)nc3ccccn3c2=O)cc1C. The van der Waals surface area contributed by atoms with Gasteiger partial charge < -0.3 is 10.1 Å². The molecule has 0 radical (unpaired) electrons. The van der Waals surface area contributed by atoms with Crippen LogP contribution in [0.1, 0.15) is 16.7 Å². The Balaban J connectivity index is 1.80. The molecule has 0 aliphatic carbocycles. The molecule has 1 N–H and O–H groups in total. The number of halogens is 1. The molecule has 7 nitrogen and oxygen atoms in total. The van der Waals surface area contributed by atoms with Gasteiger partial charge >= 0.3 is 0 Å². The number of nitrogens with one attached hydrogen (secondary N) is 1. The number of anilines is 1. The molecule has 168 valence electrons. The van der Waals surface area contributed by atoms with Gasteiger partial charge in [-0.15, -0.1) is 0 Å². The van der Waals surface area contributed by atoms with Crippen LogP contribution >= 0.6 is 0 Å². The van der Waals surface area contributed by atoms with E-state index in [1.54, 1.807) is 36.4 Å². The molecule has 0 fully saturated rings. The van der Waals surface area contributed by atoms with Gasteiger partial charge in [-0.2, -0.15) is 10.2 Å². The quantitative estimate of drug-likeness (QED) is 0.346. The van der Waals surface area contributed by atoms with Gasteiger partial charge in [0.05, 0.1) is 0 Å². The van der Waals surface area contributed by atoms with Crippen molar-refractivity contribution in [1.29, 1.82) is 5.26 Å². The molecule has 0 spiro atoms. The summed E-state index contributed by atoms with van der Waals surface area (Å²) in [4.78, 5) is 30.3. The van der Waals surface area contributed by atoms with Gasteiger partial charge in [-0.3, -0.25) is 14.0 Å². The van der Waals surface area contributed by atoms with Crippen molar-refractivity contribution in [2.24, 2.45) is 0 Å². The summed E-state index contributed by atoms with van der Waals surface area (Å²) < 4.78 is 21.1. The number of amides is 1. The lowest BCUT2D eigenvalue weighted by molar-refractivity contribution is -0.112. The molecule has 0 atom stereocenters. The van der Waals surface area contributed by atoms with Crippen LogP contribution in [0.25, 0.3) is 11.7 Å². The topological polar surface area (TPSA) is 96.5 Å². The highest BCUT2D eigenvalue weighted by molar-refractivity contribution is 6.09. The van der Waals surface area contributed by atoms with E-state index in [1.165, 1.54) is 28.8 Å². The molecule has 8 heteroatoms. The van der Waals surface area contributed by atoms with Crippen LogP contribution < -0.4 is 15.6 Å². The predicted molar refractivity (Wildman–Crippen MR) is 126 cm³/mol. The number of rotatable bonds is 5. The highest BCUT2D eigenvalue weighted by Gasteiger charge is 2.18. The van der Waals surface area contributed by atoms with Gasteiger partial charge in [-0.1, -0.05) is 24.3 Å². The Labute approximate surface area is 194 Å². The van der Waals surface area contributed by atoms with E-state index in [0.29, 0.717) is 5.69 Å². The van der Waals surface area contributed by atoms with Crippen LogP contribution in [0, 0.1) is 31.0 Å². The number of aromatic nitrogens is 2. The Bertz CT molecular complexity index is 1550. The molecule has 0 aliphatic heterocycles. The Hall–Kier alpha value is -4.77. The summed E-state index contributed by atoms with van der Waals surface area (Å²) in [5, 5.41) is 12.3. The number of hydrogen-bond donors (Lipinski definition) is 1. The zero-order chi connectivity index (χ0) is 24.2. The van der Waals surface area contributed by atoms with Crippen molar-refractivity contribution < 1.29 is 13.9 Å². The summed E-state index contributed by atoms with van der Waals surface area (Å²) >= 11 is 0. The highest BCUT2D eigenvalue weighted by atomic mass is 19.1. The second-order valence-corrected chi connectivity index (χ2v) is 7.52. The second kappa shape index (κ2) is 9.38. The van der Waals surface area contributed by atoms with E-state index < -0.39 is 17.3 Å². The standard InChI is InChI=1S/C26H19FN4O3/c1-16-10-11-19(13-17(16)2)29-24(32)18(15-28)14-20-25(34-22-8-4-3-7-21(22)27)30-23-9-5-6-12-31(23)26(20)33/h3-14H,1-2H3,(H,29,32)/b18-14-. The lowest BCUT2D eigenvalue weighted by Gasteiger charge is -2.11. The van der Waals surface area contributed by atoms with E-state index >= 15 is 0 Å². The summed E-state index contributed by atoms with van der Waals surface area (Å²) in [7, 11) is 0. The Kier molecular flexibility index (Phi) is 6.19. The normalized spacial score (nSPS) is 11.2. The molecule has 2 aromatic heterocycles. The predicted octanol–water partition coefficient (Wildman–Crippen LogP) is 4.79. The summed E-state index contributed by atoms with van der Waals surface area (Å²) in [6, 6.07) is 17.7. The lowest BCUT2D eigenvalue weighted by Crippen LogP contribution is -2.20. The molecule has 34 heavy (non-hydrogen) atoms. The van der Waals surface area contributed by atoms with Crippen LogP contribution in [-0.4, -0.2) is 15.3 Å². The third-order valence-electron chi connectivity index (χ3n) is 5.20. The largest absolute Gasteiger partial charge is 0.435 e. The fourth-order valence-corrected chi connectivity index (χ4v) is 3.23. The second-order valence-electron chi connectivity index (χ2n) is 7.52. The van der Waals surface area contributed by atoms with Crippen LogP contribution in [0.15, 0.2) is 77.2 Å². The molecule has 4 aromatic rings. The number of nitriles is 1. The first-order chi connectivity index (χ1) is 16.4. The third-order valence-corrected chi connectivity index (χ3v) is 5.20. The third kappa shape index (κ3) is 4.54. The van der Waals surface area contributed by atoms with E-state index in [2.05, 4.69) is 10.3 Å². The maximum absolute atomic E-state index is 14.2. The Morgan fingerprint density at radius 3 is 2.62 bits per heavy atom. The van der Waals surface area contributed by atoms with Gasteiger partial charge in [-0.05, 0) is 67.4 Å². The number of benzene rings is 2. The van der Waals surface area contributed by atoms with E-state index in [0.717, 1.165) is 17.2 Å². The number of ether oxygens (including phenoxy) is 1. The lowest BCUT2D eigenvalue weighted by atomic mass is 10.1. The molecule has 0 bridgehead atoms. The average Bonchev–Trinajstić information content (AvgIpc) is 2.83. The van der Waals surface area contributed by atoms with Crippen LogP contribution in [0.3, 0.4) is 0 Å². The molecule has 2 heterocycles. The van der Waals surface area contributed by atoms with Crippen molar-refractivity contribution in [3.8, 4) is 17.7 Å². The summed E-state index contributed by atoms with van der Waals surface area (Å²) in [5.74, 6) is -1.74. The van der Waals surface area contributed by atoms with Gasteiger partial charge in [0, 0.05) is 11.9 Å². The molecular weight excluding hydrogens is 435 g/mol. The minimum absolute atomic E-state index is 0.151. The van der Waals surface area contributed by atoms with Gasteiger partial charge in [0.2, 0.25) is 5.88 Å². The first kappa shape index (κ1) is 22.4. The Morgan fingerprint density at radius 1 is 1.12 bits per heavy atom. The Morgan fingerprint density at radius 2 is 1.88 bits per heavy atom. The average molecular weight is 454 g/mol. The van der Waals surface area contributed by atoms with E-state index in [9.17, 15) is 19.2 Å². The van der Waals surface area contributed by atoms with E-state index in [4.69, 9.17) is 4.74 Å². The highest BCUT2D eigenvalue weighted by Crippen LogP contribution is 2.26. The van der Waals surface area contributed by atoms with Crippen LogP contribution in [0.5, 0.6) is 11.6 Å². The fraction of sp³-hybridized carbons (Fsp3) is 0.0769. The molecular formula is C26H19FN4O3. The zero-order valence-corrected chi connectivity index (χ0v) is 18.4. The van der Waals surface area contributed by atoms with E-state index in [-0.39, 0.29) is 28.4 Å². The molecule has 0 aliphatic rings. The molecule has 0 saturated heterocycles. The first-order valence-corrected chi connectivity index (χ1v) is 10.3. The maximum atomic E-state index is 14.2. The van der Waals surface area contributed by atoms with Gasteiger partial charge in [0.1, 0.15) is 22.9 Å². The van der Waals surface area contributed by atoms with Crippen molar-refractivity contribution in [2.45, 2.75) is 13.8 Å². The maximum Gasteiger partial charge on any atom is 0.269 e. The monoisotopic (exact) mass is 454 g/mol. The zero-order valence-electron chi connectivity index (χ0n) is 18.4. The van der Waals surface area contributed by atoms with Crippen molar-refractivity contribution in [2.75, 3.05) is 5.32 Å². The number of fused-ring (bicyclic) bond motifs is 1. The van der Waals surface area contributed by atoms with Crippen LogP contribution in [0.4, 0.5) is 10.1 Å². The van der Waals surface area contributed by atoms with Crippen molar-refractivity contribution in [3.05, 3.63) is 105 Å². The van der Waals surface area contributed by atoms with Gasteiger partial charge in [0.15, 0.2) is 11.6 Å².